The Bertz CT molecular complexity index is 785. The van der Waals surface area contributed by atoms with Crippen LogP contribution in [0.3, 0.4) is 0 Å². The first-order valence-corrected chi connectivity index (χ1v) is 11.8. The number of amides is 1. The van der Waals surface area contributed by atoms with Gasteiger partial charge in [-0.3, -0.25) is 9.69 Å². The molecule has 32 heavy (non-hydrogen) atoms. The van der Waals surface area contributed by atoms with Crippen molar-refractivity contribution in [2.45, 2.75) is 40.3 Å². The number of piperazine rings is 1. The molecule has 2 aliphatic rings. The molecule has 2 atom stereocenters. The Hall–Kier alpha value is -2.19. The number of hydrogen-bond acceptors (Lipinski definition) is 4. The molecule has 0 saturated carbocycles. The first-order chi connectivity index (χ1) is 15.4. The molecule has 2 saturated heterocycles. The Kier molecular flexibility index (Phi) is 8.87. The number of halogens is 1. The van der Waals surface area contributed by atoms with Gasteiger partial charge in [-0.05, 0) is 42.9 Å². The summed E-state index contributed by atoms with van der Waals surface area (Å²) in [6, 6.07) is 4.74. The number of hydrogen-bond donors (Lipinski definition) is 2. The third-order valence-corrected chi connectivity index (χ3v) is 6.28. The molecule has 0 aromatic heterocycles. The van der Waals surface area contributed by atoms with Gasteiger partial charge in [0.25, 0.3) is 0 Å². The number of rotatable bonds is 6. The molecule has 2 fully saturated rings. The zero-order valence-corrected chi connectivity index (χ0v) is 19.7. The third-order valence-electron chi connectivity index (χ3n) is 6.28. The first-order valence-electron chi connectivity index (χ1n) is 11.8. The molecular weight excluding hydrogens is 409 g/mol. The average molecular weight is 448 g/mol. The van der Waals surface area contributed by atoms with E-state index in [2.05, 4.69) is 29.0 Å². The van der Waals surface area contributed by atoms with Gasteiger partial charge in [-0.15, -0.1) is 0 Å². The quantitative estimate of drug-likeness (QED) is 0.515. The van der Waals surface area contributed by atoms with Gasteiger partial charge in [0.15, 0.2) is 5.96 Å². The standard InChI is InChI=1S/C24H38FN5O2/c1-4-26-24(27-13-20-5-6-22(25)21(12-20)17-31)29-9-7-28(8-10-29)16-23(32)30-14-18(2)11-19(3)15-30/h5-6,12,18-19,31H,4,7-11,13-17H2,1-3H3,(H,26,27). The molecule has 0 bridgehead atoms. The molecule has 7 nitrogen and oxygen atoms in total. The molecular formula is C24H38FN5O2. The average Bonchev–Trinajstić information content (AvgIpc) is 2.77. The Morgan fingerprint density at radius 1 is 1.16 bits per heavy atom. The lowest BCUT2D eigenvalue weighted by Crippen LogP contribution is -2.55. The highest BCUT2D eigenvalue weighted by Gasteiger charge is 2.28. The smallest absolute Gasteiger partial charge is 0.236 e. The number of likely N-dealkylation sites (tertiary alicyclic amines) is 1. The minimum Gasteiger partial charge on any atom is -0.392 e. The molecule has 1 aromatic carbocycles. The van der Waals surface area contributed by atoms with Crippen molar-refractivity contribution in [1.29, 1.82) is 0 Å². The minimum atomic E-state index is -0.397. The van der Waals surface area contributed by atoms with Crippen molar-refractivity contribution < 1.29 is 14.3 Å². The second-order valence-electron chi connectivity index (χ2n) is 9.26. The summed E-state index contributed by atoms with van der Waals surface area (Å²) >= 11 is 0. The molecule has 2 heterocycles. The second kappa shape index (κ2) is 11.6. The fourth-order valence-electron chi connectivity index (χ4n) is 4.72. The van der Waals surface area contributed by atoms with Gasteiger partial charge < -0.3 is 20.2 Å². The Balaban J connectivity index is 1.53. The van der Waals surface area contributed by atoms with E-state index < -0.39 is 5.82 Å². The van der Waals surface area contributed by atoms with Crippen LogP contribution < -0.4 is 5.32 Å². The Morgan fingerprint density at radius 2 is 1.84 bits per heavy atom. The minimum absolute atomic E-state index is 0.244. The number of guanidine groups is 1. The van der Waals surface area contributed by atoms with E-state index in [1.165, 1.54) is 12.5 Å². The molecule has 0 radical (unpaired) electrons. The number of piperidine rings is 1. The number of aliphatic imine (C=N–C) groups is 1. The largest absolute Gasteiger partial charge is 0.392 e. The van der Waals surface area contributed by atoms with Crippen LogP contribution in [-0.4, -0.2) is 84.0 Å². The van der Waals surface area contributed by atoms with Gasteiger partial charge in [0.1, 0.15) is 5.82 Å². The zero-order valence-electron chi connectivity index (χ0n) is 19.7. The van der Waals surface area contributed by atoms with E-state index in [1.807, 2.05) is 11.8 Å². The predicted molar refractivity (Wildman–Crippen MR) is 125 cm³/mol. The molecule has 1 amide bonds. The lowest BCUT2D eigenvalue weighted by molar-refractivity contribution is -0.135. The highest BCUT2D eigenvalue weighted by atomic mass is 19.1. The number of aliphatic hydroxyl groups excluding tert-OH is 1. The van der Waals surface area contributed by atoms with Crippen LogP contribution >= 0.6 is 0 Å². The van der Waals surface area contributed by atoms with E-state index in [4.69, 9.17) is 4.99 Å². The van der Waals surface area contributed by atoms with E-state index >= 15 is 0 Å². The molecule has 1 aromatic rings. The number of aliphatic hydroxyl groups is 1. The van der Waals surface area contributed by atoms with E-state index in [0.717, 1.165) is 57.3 Å². The molecule has 178 valence electrons. The van der Waals surface area contributed by atoms with Gasteiger partial charge in [0, 0.05) is 51.4 Å². The third kappa shape index (κ3) is 6.65. The lowest BCUT2D eigenvalue weighted by atomic mass is 9.92. The molecule has 2 aliphatic heterocycles. The molecule has 0 aliphatic carbocycles. The summed E-state index contributed by atoms with van der Waals surface area (Å²) in [5, 5.41) is 12.6. The maximum Gasteiger partial charge on any atom is 0.236 e. The van der Waals surface area contributed by atoms with Crippen LogP contribution in [0.2, 0.25) is 0 Å². The second-order valence-corrected chi connectivity index (χ2v) is 9.26. The van der Waals surface area contributed by atoms with Crippen molar-refractivity contribution in [1.82, 2.24) is 20.0 Å². The van der Waals surface area contributed by atoms with Crippen LogP contribution in [0, 0.1) is 17.7 Å². The van der Waals surface area contributed by atoms with Crippen molar-refractivity contribution in [2.24, 2.45) is 16.8 Å². The van der Waals surface area contributed by atoms with Crippen LogP contribution in [0.15, 0.2) is 23.2 Å². The fourth-order valence-corrected chi connectivity index (χ4v) is 4.72. The SMILES string of the molecule is CCNC(=NCc1ccc(F)c(CO)c1)N1CCN(CC(=O)N2CC(C)CC(C)C2)CC1. The number of nitrogens with one attached hydrogen (secondary N) is 1. The first kappa shape index (κ1) is 24.5. The zero-order chi connectivity index (χ0) is 23.1. The van der Waals surface area contributed by atoms with E-state index in [-0.39, 0.29) is 12.5 Å². The summed E-state index contributed by atoms with van der Waals surface area (Å²) in [6.07, 6.45) is 1.20. The number of nitrogens with zero attached hydrogens (tertiary/aromatic N) is 4. The van der Waals surface area contributed by atoms with Crippen LogP contribution in [0.4, 0.5) is 4.39 Å². The number of benzene rings is 1. The number of carbonyl (C=O) groups is 1. The molecule has 2 unspecified atom stereocenters. The van der Waals surface area contributed by atoms with E-state index in [0.29, 0.717) is 30.5 Å². The van der Waals surface area contributed by atoms with Gasteiger partial charge in [-0.1, -0.05) is 19.9 Å². The highest BCUT2D eigenvalue weighted by Crippen LogP contribution is 2.21. The van der Waals surface area contributed by atoms with Crippen molar-refractivity contribution in [3.8, 4) is 0 Å². The van der Waals surface area contributed by atoms with Crippen molar-refractivity contribution in [3.05, 3.63) is 35.1 Å². The van der Waals surface area contributed by atoms with Crippen LogP contribution in [-0.2, 0) is 17.9 Å². The van der Waals surface area contributed by atoms with Crippen molar-refractivity contribution in [3.63, 3.8) is 0 Å². The topological polar surface area (TPSA) is 71.4 Å². The summed E-state index contributed by atoms with van der Waals surface area (Å²) in [5.74, 6) is 1.83. The van der Waals surface area contributed by atoms with Crippen LogP contribution in [0.25, 0.3) is 0 Å². The molecule has 8 heteroatoms. The van der Waals surface area contributed by atoms with Crippen LogP contribution in [0.1, 0.15) is 38.3 Å². The maximum atomic E-state index is 13.6. The fraction of sp³-hybridized carbons (Fsp3) is 0.667. The molecule has 2 N–H and O–H groups in total. The predicted octanol–water partition coefficient (Wildman–Crippen LogP) is 1.91. The summed E-state index contributed by atoms with van der Waals surface area (Å²) < 4.78 is 13.6. The van der Waals surface area contributed by atoms with E-state index in [9.17, 15) is 14.3 Å². The van der Waals surface area contributed by atoms with Gasteiger partial charge in [-0.25, -0.2) is 9.38 Å². The summed E-state index contributed by atoms with van der Waals surface area (Å²) in [5.41, 5.74) is 1.15. The number of carbonyl (C=O) groups excluding carboxylic acids is 1. The van der Waals surface area contributed by atoms with Crippen molar-refractivity contribution >= 4 is 11.9 Å². The van der Waals surface area contributed by atoms with Gasteiger partial charge in [0.05, 0.1) is 19.7 Å². The summed E-state index contributed by atoms with van der Waals surface area (Å²) in [6.45, 7) is 12.8. The summed E-state index contributed by atoms with van der Waals surface area (Å²) in [7, 11) is 0. The maximum absolute atomic E-state index is 13.6. The van der Waals surface area contributed by atoms with Crippen molar-refractivity contribution in [2.75, 3.05) is 52.4 Å². The summed E-state index contributed by atoms with van der Waals surface area (Å²) in [4.78, 5) is 24.0. The lowest BCUT2D eigenvalue weighted by Gasteiger charge is -2.39. The molecule has 3 rings (SSSR count). The normalized spacial score (nSPS) is 22.8. The van der Waals surface area contributed by atoms with Gasteiger partial charge in [0.2, 0.25) is 5.91 Å². The molecule has 0 spiro atoms. The monoisotopic (exact) mass is 447 g/mol. The van der Waals surface area contributed by atoms with E-state index in [1.54, 1.807) is 12.1 Å². The van der Waals surface area contributed by atoms with Gasteiger partial charge in [-0.2, -0.15) is 0 Å². The highest BCUT2D eigenvalue weighted by molar-refractivity contribution is 5.80. The van der Waals surface area contributed by atoms with Gasteiger partial charge >= 0.3 is 0 Å². The van der Waals surface area contributed by atoms with Crippen LogP contribution in [0.5, 0.6) is 0 Å². The Morgan fingerprint density at radius 3 is 2.47 bits per heavy atom. The Labute approximate surface area is 191 Å².